The molecule has 0 spiro atoms. The van der Waals surface area contributed by atoms with E-state index in [1.165, 1.54) is 45.7 Å². The Bertz CT molecular complexity index is 696. The molecule has 2 N–H and O–H groups in total. The van der Waals surface area contributed by atoms with Crippen molar-refractivity contribution in [3.05, 3.63) is 35.1 Å². The predicted octanol–water partition coefficient (Wildman–Crippen LogP) is 4.53. The summed E-state index contributed by atoms with van der Waals surface area (Å²) < 4.78 is 49.9. The van der Waals surface area contributed by atoms with Crippen molar-refractivity contribution in [3.63, 3.8) is 0 Å². The molecule has 1 aromatic carbocycles. The Morgan fingerprint density at radius 3 is 2.48 bits per heavy atom. The van der Waals surface area contributed by atoms with Gasteiger partial charge in [-0.3, -0.25) is 0 Å². The van der Waals surface area contributed by atoms with Crippen LogP contribution in [0, 0.1) is 11.7 Å². The first-order valence-electron chi connectivity index (χ1n) is 8.78. The Hall–Kier alpha value is -1.72. The van der Waals surface area contributed by atoms with E-state index in [1.54, 1.807) is 6.07 Å². The van der Waals surface area contributed by atoms with Crippen LogP contribution in [0.1, 0.15) is 57.6 Å². The molecule has 1 heterocycles. The zero-order chi connectivity index (χ0) is 18.5. The standard InChI is InChI=1S/C19H25F3N2O/c1-17(2)19(21,22)18(3,24-16(23)25-17)14-11-13(8-9-15(14)20)10-12-6-4-5-7-12/h8-9,11-12H,4-7,10H2,1-3H3,(H2,23,24)/t18-/m1/s1. The van der Waals surface area contributed by atoms with Crippen LogP contribution >= 0.6 is 0 Å². The first kappa shape index (κ1) is 18.1. The van der Waals surface area contributed by atoms with Crippen LogP contribution in [-0.4, -0.2) is 17.5 Å². The maximum absolute atomic E-state index is 15.2. The van der Waals surface area contributed by atoms with Gasteiger partial charge >= 0.3 is 5.92 Å². The zero-order valence-corrected chi connectivity index (χ0v) is 14.9. The van der Waals surface area contributed by atoms with Crippen molar-refractivity contribution in [2.24, 2.45) is 16.6 Å². The van der Waals surface area contributed by atoms with E-state index in [0.29, 0.717) is 5.92 Å². The minimum Gasteiger partial charge on any atom is -0.453 e. The number of hydrogen-bond acceptors (Lipinski definition) is 3. The van der Waals surface area contributed by atoms with Crippen LogP contribution in [0.25, 0.3) is 0 Å². The van der Waals surface area contributed by atoms with Crippen LogP contribution in [0.4, 0.5) is 13.2 Å². The van der Waals surface area contributed by atoms with Gasteiger partial charge in [0.05, 0.1) is 0 Å². The maximum Gasteiger partial charge on any atom is 0.315 e. The van der Waals surface area contributed by atoms with Gasteiger partial charge in [-0.15, -0.1) is 0 Å². The molecule has 0 unspecified atom stereocenters. The number of rotatable bonds is 3. The Kier molecular flexibility index (Phi) is 4.28. The largest absolute Gasteiger partial charge is 0.453 e. The van der Waals surface area contributed by atoms with E-state index in [0.717, 1.165) is 24.8 Å². The topological polar surface area (TPSA) is 47.6 Å². The third-order valence-electron chi connectivity index (χ3n) is 5.62. The van der Waals surface area contributed by atoms with Crippen molar-refractivity contribution in [2.45, 2.75) is 69.9 Å². The lowest BCUT2D eigenvalue weighted by molar-refractivity contribution is -0.208. The fourth-order valence-electron chi connectivity index (χ4n) is 4.07. The maximum atomic E-state index is 15.2. The second-order valence-corrected chi connectivity index (χ2v) is 7.88. The highest BCUT2D eigenvalue weighted by Gasteiger charge is 2.66. The molecule has 1 aliphatic heterocycles. The molecule has 25 heavy (non-hydrogen) atoms. The summed E-state index contributed by atoms with van der Waals surface area (Å²) in [7, 11) is 0. The smallest absolute Gasteiger partial charge is 0.315 e. The van der Waals surface area contributed by atoms with Crippen molar-refractivity contribution in [2.75, 3.05) is 0 Å². The second-order valence-electron chi connectivity index (χ2n) is 7.88. The molecular weight excluding hydrogens is 329 g/mol. The lowest BCUT2D eigenvalue weighted by atomic mass is 9.76. The van der Waals surface area contributed by atoms with Crippen LogP contribution in [0.3, 0.4) is 0 Å². The molecule has 2 aliphatic rings. The van der Waals surface area contributed by atoms with E-state index in [4.69, 9.17) is 10.5 Å². The zero-order valence-electron chi connectivity index (χ0n) is 14.9. The molecule has 1 atom stereocenters. The fraction of sp³-hybridized carbons (Fsp3) is 0.632. The van der Waals surface area contributed by atoms with Gasteiger partial charge in [0.15, 0.2) is 11.1 Å². The van der Waals surface area contributed by atoms with Crippen molar-refractivity contribution >= 4 is 6.02 Å². The van der Waals surface area contributed by atoms with Gasteiger partial charge in [-0.1, -0.05) is 37.8 Å². The minimum atomic E-state index is -3.43. The fourth-order valence-corrected chi connectivity index (χ4v) is 4.07. The van der Waals surface area contributed by atoms with Crippen molar-refractivity contribution < 1.29 is 17.9 Å². The number of halogens is 3. The van der Waals surface area contributed by atoms with Crippen molar-refractivity contribution in [3.8, 4) is 0 Å². The molecule has 6 heteroatoms. The summed E-state index contributed by atoms with van der Waals surface area (Å²) in [5.74, 6) is -3.60. The number of hydrogen-bond donors (Lipinski definition) is 1. The molecule has 0 amide bonds. The van der Waals surface area contributed by atoms with Gasteiger partial charge in [0.1, 0.15) is 5.82 Å². The normalized spacial score (nSPS) is 28.5. The minimum absolute atomic E-state index is 0.132. The Morgan fingerprint density at radius 1 is 1.20 bits per heavy atom. The third-order valence-corrected chi connectivity index (χ3v) is 5.62. The van der Waals surface area contributed by atoms with Gasteiger partial charge < -0.3 is 10.5 Å². The molecule has 138 valence electrons. The Balaban J connectivity index is 2.05. The van der Waals surface area contributed by atoms with Crippen LogP contribution < -0.4 is 5.73 Å². The average molecular weight is 354 g/mol. The molecule has 0 bridgehead atoms. The molecule has 0 aromatic heterocycles. The van der Waals surface area contributed by atoms with Gasteiger partial charge in [0, 0.05) is 5.56 Å². The third kappa shape index (κ3) is 2.89. The number of ether oxygens (including phenoxy) is 1. The molecule has 0 saturated heterocycles. The van der Waals surface area contributed by atoms with Gasteiger partial charge in [-0.05, 0) is 44.7 Å². The van der Waals surface area contributed by atoms with E-state index in [1.807, 2.05) is 0 Å². The lowest BCUT2D eigenvalue weighted by Crippen LogP contribution is -2.62. The van der Waals surface area contributed by atoms with Gasteiger partial charge in [0.25, 0.3) is 6.02 Å². The second kappa shape index (κ2) is 5.92. The van der Waals surface area contributed by atoms with Crippen LogP contribution in [0.5, 0.6) is 0 Å². The number of aliphatic imine (C=N–C) groups is 1. The molecule has 0 radical (unpaired) electrons. The predicted molar refractivity (Wildman–Crippen MR) is 91.1 cm³/mol. The highest BCUT2D eigenvalue weighted by molar-refractivity contribution is 5.74. The summed E-state index contributed by atoms with van der Waals surface area (Å²) in [6.45, 7) is 3.71. The monoisotopic (exact) mass is 354 g/mol. The molecular formula is C19H25F3N2O. The molecule has 1 aliphatic carbocycles. The highest BCUT2D eigenvalue weighted by atomic mass is 19.3. The Labute approximate surface area is 146 Å². The average Bonchev–Trinajstić information content (AvgIpc) is 2.99. The first-order chi connectivity index (χ1) is 11.6. The number of amidine groups is 1. The summed E-state index contributed by atoms with van der Waals surface area (Å²) in [5, 5.41) is 0. The summed E-state index contributed by atoms with van der Waals surface area (Å²) in [6.07, 6.45) is 5.42. The summed E-state index contributed by atoms with van der Waals surface area (Å²) in [6, 6.07) is 4.12. The molecule has 3 rings (SSSR count). The number of nitrogens with two attached hydrogens (primary N) is 1. The molecule has 1 aromatic rings. The van der Waals surface area contributed by atoms with E-state index < -0.39 is 22.9 Å². The SMILES string of the molecule is CC1(C)OC(N)=N[C@](C)(c2cc(CC3CCCC3)ccc2F)C1(F)F. The van der Waals surface area contributed by atoms with Gasteiger partial charge in [-0.2, -0.15) is 8.78 Å². The number of nitrogens with zero attached hydrogens (tertiary/aromatic N) is 1. The van der Waals surface area contributed by atoms with Crippen LogP contribution in [0.2, 0.25) is 0 Å². The van der Waals surface area contributed by atoms with Gasteiger partial charge in [0.2, 0.25) is 0 Å². The van der Waals surface area contributed by atoms with Crippen molar-refractivity contribution in [1.29, 1.82) is 0 Å². The van der Waals surface area contributed by atoms with E-state index in [2.05, 4.69) is 4.99 Å². The Morgan fingerprint density at radius 2 is 1.84 bits per heavy atom. The molecule has 1 saturated carbocycles. The van der Waals surface area contributed by atoms with Crippen molar-refractivity contribution in [1.82, 2.24) is 0 Å². The number of benzene rings is 1. The van der Waals surface area contributed by atoms with E-state index in [9.17, 15) is 4.39 Å². The van der Waals surface area contributed by atoms with E-state index in [-0.39, 0.29) is 11.6 Å². The van der Waals surface area contributed by atoms with Gasteiger partial charge in [-0.25, -0.2) is 9.38 Å². The van der Waals surface area contributed by atoms with E-state index >= 15 is 8.78 Å². The van der Waals surface area contributed by atoms with Crippen LogP contribution in [0.15, 0.2) is 23.2 Å². The molecule has 3 nitrogen and oxygen atoms in total. The summed E-state index contributed by atoms with van der Waals surface area (Å²) in [5.41, 5.74) is 2.36. The summed E-state index contributed by atoms with van der Waals surface area (Å²) in [4.78, 5) is 3.85. The summed E-state index contributed by atoms with van der Waals surface area (Å²) >= 11 is 0. The van der Waals surface area contributed by atoms with Crippen LogP contribution in [-0.2, 0) is 16.7 Å². The first-order valence-corrected chi connectivity index (χ1v) is 8.78. The number of alkyl halides is 2. The highest BCUT2D eigenvalue weighted by Crippen LogP contribution is 2.51. The lowest BCUT2D eigenvalue weighted by Gasteiger charge is -2.46. The quantitative estimate of drug-likeness (QED) is 0.867. The molecule has 1 fully saturated rings.